The first kappa shape index (κ1) is 31.5. The lowest BCUT2D eigenvalue weighted by molar-refractivity contribution is 0.960. The number of allylic oxidation sites excluding steroid dienone is 4. The number of hydrogen-bond donors (Lipinski definition) is 0. The van der Waals surface area contributed by atoms with E-state index < -0.39 is 0 Å². The van der Waals surface area contributed by atoms with Crippen molar-refractivity contribution in [3.05, 3.63) is 194 Å². The second kappa shape index (κ2) is 12.8. The van der Waals surface area contributed by atoms with E-state index in [4.69, 9.17) is 4.98 Å². The van der Waals surface area contributed by atoms with Gasteiger partial charge < -0.3 is 0 Å². The summed E-state index contributed by atoms with van der Waals surface area (Å²) in [5, 5.41) is 10.0. The van der Waals surface area contributed by atoms with Gasteiger partial charge in [0.25, 0.3) is 0 Å². The van der Waals surface area contributed by atoms with Crippen molar-refractivity contribution >= 4 is 59.8 Å². The first-order chi connectivity index (χ1) is 27.3. The predicted octanol–water partition coefficient (Wildman–Crippen LogP) is 14.5. The zero-order chi connectivity index (χ0) is 36.3. The van der Waals surface area contributed by atoms with Gasteiger partial charge in [0.15, 0.2) is 0 Å². The minimum Gasteiger partial charge on any atom is -0.296 e. The molecule has 0 spiro atoms. The standard InChI is InChI=1S/C53H36N2/c1-2-18-40(19-3-1)55-50-27-11-10-26-49(50)54-53(55)38-30-28-35(29-31-38)39-32-33-47-48(34-39)52(44-25-13-17-37-15-5-7-21-42(37)44)46-23-9-8-22-45(46)51(47)43-24-12-16-36-14-4-6-20-41(36)43/h1-2,4-18,20-34H,3,19H2. The summed E-state index contributed by atoms with van der Waals surface area (Å²) in [4.78, 5) is 5.16. The number of fused-ring (bicyclic) bond motifs is 5. The van der Waals surface area contributed by atoms with Crippen molar-refractivity contribution in [1.29, 1.82) is 0 Å². The van der Waals surface area contributed by atoms with Gasteiger partial charge in [0.1, 0.15) is 5.82 Å². The fourth-order valence-electron chi connectivity index (χ4n) is 8.92. The Morgan fingerprint density at radius 1 is 0.436 bits per heavy atom. The molecule has 1 aliphatic carbocycles. The molecule has 0 radical (unpaired) electrons. The average molecular weight is 701 g/mol. The SMILES string of the molecule is C1=CCCC(n2c(-c3ccc(-c4ccc5c(-c6cccc7ccccc67)c6ccccc6c(-c6cccc7ccccc67)c5c4)cc3)nc3ccccc32)=C1. The molecule has 10 aromatic rings. The Morgan fingerprint density at radius 2 is 0.982 bits per heavy atom. The molecule has 55 heavy (non-hydrogen) atoms. The third-order valence-electron chi connectivity index (χ3n) is 11.5. The van der Waals surface area contributed by atoms with Gasteiger partial charge in [-0.1, -0.05) is 170 Å². The number of benzene rings is 9. The molecule has 0 aliphatic heterocycles. The van der Waals surface area contributed by atoms with Crippen molar-refractivity contribution in [3.8, 4) is 44.8 Å². The third kappa shape index (κ3) is 5.14. The van der Waals surface area contributed by atoms with Gasteiger partial charge in [-0.05, 0) is 114 Å². The van der Waals surface area contributed by atoms with E-state index in [0.717, 1.165) is 35.3 Å². The molecule has 0 atom stereocenters. The quantitative estimate of drug-likeness (QED) is 0.163. The van der Waals surface area contributed by atoms with E-state index in [1.165, 1.54) is 82.2 Å². The van der Waals surface area contributed by atoms with Crippen molar-refractivity contribution < 1.29 is 0 Å². The lowest BCUT2D eigenvalue weighted by atomic mass is 9.83. The third-order valence-corrected chi connectivity index (χ3v) is 11.5. The molecule has 9 aromatic carbocycles. The number of rotatable bonds is 5. The highest BCUT2D eigenvalue weighted by Crippen LogP contribution is 2.47. The van der Waals surface area contributed by atoms with Crippen LogP contribution in [-0.2, 0) is 0 Å². The van der Waals surface area contributed by atoms with E-state index >= 15 is 0 Å². The Labute approximate surface area is 320 Å². The van der Waals surface area contributed by atoms with Crippen LogP contribution in [0.15, 0.2) is 194 Å². The minimum atomic E-state index is 0.984. The molecule has 2 nitrogen and oxygen atoms in total. The Hall–Kier alpha value is -7.03. The lowest BCUT2D eigenvalue weighted by Gasteiger charge is -2.20. The summed E-state index contributed by atoms with van der Waals surface area (Å²) in [7, 11) is 0. The zero-order valence-electron chi connectivity index (χ0n) is 30.3. The van der Waals surface area contributed by atoms with Crippen molar-refractivity contribution in [3.63, 3.8) is 0 Å². The molecule has 2 heteroatoms. The fourth-order valence-corrected chi connectivity index (χ4v) is 8.92. The Balaban J connectivity index is 1.15. The van der Waals surface area contributed by atoms with E-state index in [0.29, 0.717) is 0 Å². The van der Waals surface area contributed by atoms with Crippen molar-refractivity contribution in [2.45, 2.75) is 12.8 Å². The van der Waals surface area contributed by atoms with Crippen LogP contribution < -0.4 is 0 Å². The fraction of sp³-hybridized carbons (Fsp3) is 0.0377. The molecule has 0 bridgehead atoms. The number of aromatic nitrogens is 2. The van der Waals surface area contributed by atoms with Crippen LogP contribution in [0, 0.1) is 0 Å². The summed E-state index contributed by atoms with van der Waals surface area (Å²) in [5.41, 5.74) is 12.0. The summed E-state index contributed by atoms with van der Waals surface area (Å²) in [6, 6.07) is 64.5. The smallest absolute Gasteiger partial charge is 0.145 e. The average Bonchev–Trinajstić information content (AvgIpc) is 3.65. The molecule has 11 rings (SSSR count). The molecule has 0 fully saturated rings. The summed E-state index contributed by atoms with van der Waals surface area (Å²) in [6.07, 6.45) is 8.67. The Bertz CT molecular complexity index is 3180. The summed E-state index contributed by atoms with van der Waals surface area (Å²) >= 11 is 0. The molecular weight excluding hydrogens is 665 g/mol. The maximum atomic E-state index is 5.16. The van der Waals surface area contributed by atoms with Gasteiger partial charge in [-0.2, -0.15) is 0 Å². The molecule has 258 valence electrons. The van der Waals surface area contributed by atoms with E-state index in [1.807, 2.05) is 0 Å². The maximum Gasteiger partial charge on any atom is 0.145 e. The van der Waals surface area contributed by atoms with Crippen molar-refractivity contribution in [2.75, 3.05) is 0 Å². The Kier molecular flexibility index (Phi) is 7.34. The van der Waals surface area contributed by atoms with Crippen LogP contribution in [0.4, 0.5) is 0 Å². The summed E-state index contributed by atoms with van der Waals surface area (Å²) in [5.74, 6) is 0.984. The van der Waals surface area contributed by atoms with Crippen LogP contribution in [0.3, 0.4) is 0 Å². The first-order valence-corrected chi connectivity index (χ1v) is 19.2. The van der Waals surface area contributed by atoms with Crippen LogP contribution in [0.2, 0.25) is 0 Å². The molecule has 1 aromatic heterocycles. The number of para-hydroxylation sites is 2. The summed E-state index contributed by atoms with van der Waals surface area (Å²) < 4.78 is 2.35. The van der Waals surface area contributed by atoms with Crippen LogP contribution in [0.25, 0.3) is 105 Å². The highest BCUT2D eigenvalue weighted by atomic mass is 15.1. The van der Waals surface area contributed by atoms with E-state index in [-0.39, 0.29) is 0 Å². The van der Waals surface area contributed by atoms with Crippen LogP contribution >= 0.6 is 0 Å². The van der Waals surface area contributed by atoms with E-state index in [1.54, 1.807) is 0 Å². The predicted molar refractivity (Wildman–Crippen MR) is 234 cm³/mol. The largest absolute Gasteiger partial charge is 0.296 e. The van der Waals surface area contributed by atoms with Crippen molar-refractivity contribution in [2.24, 2.45) is 0 Å². The van der Waals surface area contributed by atoms with Gasteiger partial charge in [-0.25, -0.2) is 4.98 Å². The second-order valence-corrected chi connectivity index (χ2v) is 14.6. The van der Waals surface area contributed by atoms with Crippen LogP contribution in [0.1, 0.15) is 12.8 Å². The number of imidazole rings is 1. The van der Waals surface area contributed by atoms with E-state index in [9.17, 15) is 0 Å². The molecule has 1 aliphatic rings. The highest BCUT2D eigenvalue weighted by molar-refractivity contribution is 6.25. The van der Waals surface area contributed by atoms with Gasteiger partial charge in [-0.15, -0.1) is 0 Å². The molecule has 0 unspecified atom stereocenters. The van der Waals surface area contributed by atoms with Gasteiger partial charge in [0.2, 0.25) is 0 Å². The van der Waals surface area contributed by atoms with Gasteiger partial charge in [0, 0.05) is 11.3 Å². The number of hydrogen-bond acceptors (Lipinski definition) is 1. The normalized spacial score (nSPS) is 13.0. The lowest BCUT2D eigenvalue weighted by Crippen LogP contribution is -2.01. The first-order valence-electron chi connectivity index (χ1n) is 19.2. The maximum absolute atomic E-state index is 5.16. The molecular formula is C53H36N2. The zero-order valence-corrected chi connectivity index (χ0v) is 30.3. The topological polar surface area (TPSA) is 17.8 Å². The van der Waals surface area contributed by atoms with Crippen LogP contribution in [-0.4, -0.2) is 9.55 Å². The second-order valence-electron chi connectivity index (χ2n) is 14.6. The summed E-state index contributed by atoms with van der Waals surface area (Å²) in [6.45, 7) is 0. The van der Waals surface area contributed by atoms with Crippen molar-refractivity contribution in [1.82, 2.24) is 9.55 Å². The molecule has 0 N–H and O–H groups in total. The van der Waals surface area contributed by atoms with Gasteiger partial charge in [0.05, 0.1) is 11.0 Å². The minimum absolute atomic E-state index is 0.984. The van der Waals surface area contributed by atoms with E-state index in [2.05, 4.69) is 199 Å². The molecule has 0 saturated heterocycles. The molecule has 1 heterocycles. The Morgan fingerprint density at radius 3 is 1.65 bits per heavy atom. The van der Waals surface area contributed by atoms with Gasteiger partial charge in [-0.3, -0.25) is 4.57 Å². The highest BCUT2D eigenvalue weighted by Gasteiger charge is 2.21. The van der Waals surface area contributed by atoms with Gasteiger partial charge >= 0.3 is 0 Å². The monoisotopic (exact) mass is 700 g/mol. The molecule has 0 saturated carbocycles. The molecule has 0 amide bonds. The van der Waals surface area contributed by atoms with Crippen LogP contribution in [0.5, 0.6) is 0 Å². The number of nitrogens with zero attached hydrogens (tertiary/aromatic N) is 2.